The molecule has 4 rings (SSSR count). The monoisotopic (exact) mass is 479 g/mol. The summed E-state index contributed by atoms with van der Waals surface area (Å²) in [6.45, 7) is 3.73. The number of ether oxygens (including phenoxy) is 2. The minimum Gasteiger partial charge on any atom is -0.497 e. The van der Waals surface area contributed by atoms with Crippen molar-refractivity contribution < 1.29 is 23.9 Å². The van der Waals surface area contributed by atoms with E-state index in [1.54, 1.807) is 12.0 Å². The van der Waals surface area contributed by atoms with E-state index in [-0.39, 0.29) is 18.9 Å². The molecule has 0 spiro atoms. The molecule has 1 fully saturated rings. The fourth-order valence-corrected chi connectivity index (χ4v) is 4.50. The number of anilines is 2. The third-order valence-electron chi connectivity index (χ3n) is 5.81. The molecule has 0 saturated carbocycles. The molecule has 1 aliphatic heterocycles. The van der Waals surface area contributed by atoms with Crippen molar-refractivity contribution in [1.29, 1.82) is 0 Å². The number of nitrogens with zero attached hydrogens (tertiary/aromatic N) is 2. The predicted octanol–water partition coefficient (Wildman–Crippen LogP) is 3.97. The van der Waals surface area contributed by atoms with Crippen molar-refractivity contribution in [2.75, 3.05) is 30.5 Å². The number of benzene rings is 2. The highest BCUT2D eigenvalue weighted by atomic mass is 32.1. The number of thiazole rings is 1. The first kappa shape index (κ1) is 23.4. The van der Waals surface area contributed by atoms with Gasteiger partial charge in [0.1, 0.15) is 5.75 Å². The lowest BCUT2D eigenvalue weighted by Crippen LogP contribution is -2.28. The van der Waals surface area contributed by atoms with Crippen molar-refractivity contribution in [3.8, 4) is 17.0 Å². The van der Waals surface area contributed by atoms with E-state index in [0.29, 0.717) is 5.13 Å². The van der Waals surface area contributed by atoms with Gasteiger partial charge in [0, 0.05) is 29.6 Å². The van der Waals surface area contributed by atoms with Gasteiger partial charge in [-0.05, 0) is 55.3 Å². The van der Waals surface area contributed by atoms with Crippen LogP contribution in [-0.4, -0.2) is 43.0 Å². The summed E-state index contributed by atoms with van der Waals surface area (Å²) >= 11 is 1.28. The van der Waals surface area contributed by atoms with Crippen molar-refractivity contribution in [2.24, 2.45) is 5.92 Å². The van der Waals surface area contributed by atoms with E-state index in [0.717, 1.165) is 33.8 Å². The Morgan fingerprint density at radius 1 is 1.18 bits per heavy atom. The molecule has 1 N–H and O–H groups in total. The first-order valence-corrected chi connectivity index (χ1v) is 11.7. The highest BCUT2D eigenvalue weighted by molar-refractivity contribution is 7.14. The number of aromatic nitrogens is 1. The van der Waals surface area contributed by atoms with Crippen LogP contribution in [0.15, 0.2) is 47.8 Å². The summed E-state index contributed by atoms with van der Waals surface area (Å²) in [5.41, 5.74) is 4.49. The average Bonchev–Trinajstić information content (AvgIpc) is 3.46. The molecule has 9 heteroatoms. The van der Waals surface area contributed by atoms with Gasteiger partial charge in [-0.1, -0.05) is 12.1 Å². The number of amides is 2. The van der Waals surface area contributed by atoms with E-state index < -0.39 is 24.4 Å². The first-order chi connectivity index (χ1) is 16.4. The van der Waals surface area contributed by atoms with Crippen LogP contribution in [0.4, 0.5) is 10.8 Å². The highest BCUT2D eigenvalue weighted by Gasteiger charge is 2.37. The molecule has 1 atom stereocenters. The SMILES string of the molecule is COc1ccc(-c2csc(NC(=O)COC(=O)C3CC(=O)N(c4cccc(C)c4C)C3)n2)cc1. The summed E-state index contributed by atoms with van der Waals surface area (Å²) in [5.74, 6) is -1.04. The van der Waals surface area contributed by atoms with E-state index in [1.165, 1.54) is 11.3 Å². The molecule has 1 unspecified atom stereocenters. The smallest absolute Gasteiger partial charge is 0.311 e. The Hall–Kier alpha value is -3.72. The average molecular weight is 480 g/mol. The first-order valence-electron chi connectivity index (χ1n) is 10.8. The number of hydrogen-bond donors (Lipinski definition) is 1. The van der Waals surface area contributed by atoms with Gasteiger partial charge in [0.25, 0.3) is 5.91 Å². The standard InChI is InChI=1S/C25H25N3O5S/c1-15-5-4-6-21(16(15)2)28-12-18(11-23(28)30)24(31)33-13-22(29)27-25-26-20(14-34-25)17-7-9-19(32-3)10-8-17/h4-10,14,18H,11-13H2,1-3H3,(H,26,27,29). The van der Waals surface area contributed by atoms with Crippen molar-refractivity contribution in [3.05, 3.63) is 59.0 Å². The van der Waals surface area contributed by atoms with Crippen LogP contribution in [-0.2, 0) is 19.1 Å². The second-order valence-electron chi connectivity index (χ2n) is 8.05. The molecular weight excluding hydrogens is 454 g/mol. The normalized spacial score (nSPS) is 15.3. The lowest BCUT2D eigenvalue weighted by Gasteiger charge is -2.20. The number of methoxy groups -OCH3 is 1. The maximum Gasteiger partial charge on any atom is 0.311 e. The number of aryl methyl sites for hydroxylation is 1. The highest BCUT2D eigenvalue weighted by Crippen LogP contribution is 2.30. The minimum atomic E-state index is -0.609. The lowest BCUT2D eigenvalue weighted by atomic mass is 10.1. The fourth-order valence-electron chi connectivity index (χ4n) is 3.76. The van der Waals surface area contributed by atoms with Gasteiger partial charge in [0.05, 0.1) is 18.7 Å². The summed E-state index contributed by atoms with van der Waals surface area (Å²) in [5, 5.41) is 4.88. The Morgan fingerprint density at radius 2 is 1.94 bits per heavy atom. The molecule has 1 aromatic heterocycles. The zero-order chi connectivity index (χ0) is 24.2. The van der Waals surface area contributed by atoms with E-state index in [1.807, 2.05) is 61.7 Å². The minimum absolute atomic E-state index is 0.0610. The van der Waals surface area contributed by atoms with Crippen LogP contribution in [0.25, 0.3) is 11.3 Å². The molecule has 3 aromatic rings. The summed E-state index contributed by atoms with van der Waals surface area (Å²) in [6, 6.07) is 13.2. The van der Waals surface area contributed by atoms with E-state index in [2.05, 4.69) is 10.3 Å². The Kier molecular flexibility index (Phi) is 6.93. The maximum atomic E-state index is 12.5. The van der Waals surface area contributed by atoms with E-state index in [4.69, 9.17) is 9.47 Å². The van der Waals surface area contributed by atoms with Crippen LogP contribution in [0, 0.1) is 19.8 Å². The Bertz CT molecular complexity index is 1220. The van der Waals surface area contributed by atoms with Crippen molar-refractivity contribution in [2.45, 2.75) is 20.3 Å². The zero-order valence-corrected chi connectivity index (χ0v) is 20.0. The molecule has 0 radical (unpaired) electrons. The number of nitrogens with one attached hydrogen (secondary N) is 1. The van der Waals surface area contributed by atoms with Gasteiger partial charge in [0.15, 0.2) is 11.7 Å². The van der Waals surface area contributed by atoms with Crippen LogP contribution in [0.3, 0.4) is 0 Å². The molecule has 34 heavy (non-hydrogen) atoms. The molecule has 176 valence electrons. The third-order valence-corrected chi connectivity index (χ3v) is 6.56. The Balaban J connectivity index is 1.29. The predicted molar refractivity (Wildman–Crippen MR) is 130 cm³/mol. The van der Waals surface area contributed by atoms with Crippen LogP contribution in [0.5, 0.6) is 5.75 Å². The van der Waals surface area contributed by atoms with Gasteiger partial charge in [-0.25, -0.2) is 4.98 Å². The van der Waals surface area contributed by atoms with Gasteiger partial charge in [-0.3, -0.25) is 19.7 Å². The van der Waals surface area contributed by atoms with Crippen LogP contribution in [0.1, 0.15) is 17.5 Å². The van der Waals surface area contributed by atoms with E-state index in [9.17, 15) is 14.4 Å². The number of carbonyl (C=O) groups is 3. The molecule has 0 aliphatic carbocycles. The van der Waals surface area contributed by atoms with Gasteiger partial charge >= 0.3 is 5.97 Å². The molecule has 2 heterocycles. The largest absolute Gasteiger partial charge is 0.497 e. The van der Waals surface area contributed by atoms with Crippen molar-refractivity contribution in [3.63, 3.8) is 0 Å². The molecule has 8 nitrogen and oxygen atoms in total. The molecule has 2 aromatic carbocycles. The summed E-state index contributed by atoms with van der Waals surface area (Å²) < 4.78 is 10.3. The zero-order valence-electron chi connectivity index (χ0n) is 19.2. The Morgan fingerprint density at radius 3 is 2.68 bits per heavy atom. The van der Waals surface area contributed by atoms with Crippen molar-refractivity contribution in [1.82, 2.24) is 4.98 Å². The summed E-state index contributed by atoms with van der Waals surface area (Å²) in [7, 11) is 1.60. The molecular formula is C25H25N3O5S. The second-order valence-corrected chi connectivity index (χ2v) is 8.90. The molecule has 1 saturated heterocycles. The molecule has 0 bridgehead atoms. The van der Waals surface area contributed by atoms with Gasteiger partial charge in [-0.15, -0.1) is 11.3 Å². The van der Waals surface area contributed by atoms with Crippen molar-refractivity contribution >= 4 is 39.9 Å². The fraction of sp³-hybridized carbons (Fsp3) is 0.280. The lowest BCUT2D eigenvalue weighted by molar-refractivity contribution is -0.151. The topological polar surface area (TPSA) is 97.8 Å². The number of carbonyl (C=O) groups excluding carboxylic acids is 3. The van der Waals surface area contributed by atoms with Gasteiger partial charge in [-0.2, -0.15) is 0 Å². The maximum absolute atomic E-state index is 12.5. The second kappa shape index (κ2) is 10.0. The van der Waals surface area contributed by atoms with Gasteiger partial charge in [0.2, 0.25) is 5.91 Å². The number of rotatable bonds is 7. The van der Waals surface area contributed by atoms with Crippen LogP contribution < -0.4 is 15.0 Å². The quantitative estimate of drug-likeness (QED) is 0.515. The van der Waals surface area contributed by atoms with Crippen LogP contribution in [0.2, 0.25) is 0 Å². The summed E-state index contributed by atoms with van der Waals surface area (Å²) in [4.78, 5) is 43.3. The van der Waals surface area contributed by atoms with Crippen LogP contribution >= 0.6 is 11.3 Å². The van der Waals surface area contributed by atoms with E-state index >= 15 is 0 Å². The number of esters is 1. The molecule has 1 aliphatic rings. The summed E-state index contributed by atoms with van der Waals surface area (Å²) in [6.07, 6.45) is 0.0610. The third kappa shape index (κ3) is 5.09. The Labute approximate surface area is 201 Å². The molecule has 2 amide bonds. The number of hydrogen-bond acceptors (Lipinski definition) is 7. The van der Waals surface area contributed by atoms with Gasteiger partial charge < -0.3 is 14.4 Å².